The van der Waals surface area contributed by atoms with Gasteiger partial charge in [0.2, 0.25) is 0 Å². The number of hydrogen-bond donors (Lipinski definition) is 2. The van der Waals surface area contributed by atoms with Crippen LogP contribution in [0.1, 0.15) is 10.4 Å². The van der Waals surface area contributed by atoms with Crippen LogP contribution in [0, 0.1) is 0 Å². The second-order valence-corrected chi connectivity index (χ2v) is 3.49. The van der Waals surface area contributed by atoms with Crippen LogP contribution in [0.4, 0.5) is 13.2 Å². The van der Waals surface area contributed by atoms with E-state index in [4.69, 9.17) is 5.11 Å². The molecule has 0 radical (unpaired) electrons. The van der Waals surface area contributed by atoms with E-state index in [2.05, 4.69) is 14.8 Å². The lowest BCUT2D eigenvalue weighted by molar-refractivity contribution is -0.275. The summed E-state index contributed by atoms with van der Waals surface area (Å²) in [6.45, 7) is -0.609. The number of alkyl halides is 3. The van der Waals surface area contributed by atoms with Gasteiger partial charge in [0.25, 0.3) is 5.91 Å². The van der Waals surface area contributed by atoms with Crippen molar-refractivity contribution in [2.24, 2.45) is 0 Å². The first kappa shape index (κ1) is 15.6. The zero-order valence-electron chi connectivity index (χ0n) is 10.2. The second-order valence-electron chi connectivity index (χ2n) is 3.49. The highest BCUT2D eigenvalue weighted by molar-refractivity contribution is 5.96. The average Bonchev–Trinajstić information content (AvgIpc) is 2.34. The minimum absolute atomic E-state index is 0.0578. The Morgan fingerprint density at radius 1 is 1.30 bits per heavy atom. The summed E-state index contributed by atoms with van der Waals surface area (Å²) in [6.07, 6.45) is -4.89. The molecule has 0 unspecified atom stereocenters. The van der Waals surface area contributed by atoms with Gasteiger partial charge in [0.1, 0.15) is 6.54 Å². The highest BCUT2D eigenvalue weighted by atomic mass is 19.4. The summed E-state index contributed by atoms with van der Waals surface area (Å²) in [4.78, 5) is 21.8. The molecular formula is C11H10F3NO5. The van der Waals surface area contributed by atoms with Gasteiger partial charge in [-0.05, 0) is 18.2 Å². The first-order valence-corrected chi connectivity index (χ1v) is 5.16. The standard InChI is InChI=1S/C11H10F3NO5/c1-19-8-4-6(10(18)15-5-9(16)17)2-3-7(8)20-11(12,13)14/h2-4H,5H2,1H3,(H,15,18)(H,16,17). The predicted molar refractivity (Wildman–Crippen MR) is 59.6 cm³/mol. The van der Waals surface area contributed by atoms with Gasteiger partial charge in [-0.15, -0.1) is 13.2 Å². The van der Waals surface area contributed by atoms with Gasteiger partial charge in [0.05, 0.1) is 7.11 Å². The van der Waals surface area contributed by atoms with Gasteiger partial charge in [-0.1, -0.05) is 0 Å². The maximum atomic E-state index is 12.1. The number of hydrogen-bond acceptors (Lipinski definition) is 4. The quantitative estimate of drug-likeness (QED) is 0.857. The number of amides is 1. The Bertz CT molecular complexity index is 515. The van der Waals surface area contributed by atoms with Crippen LogP contribution < -0.4 is 14.8 Å². The summed E-state index contributed by atoms with van der Waals surface area (Å²) >= 11 is 0. The molecule has 110 valence electrons. The van der Waals surface area contributed by atoms with Crippen LogP contribution in [0.25, 0.3) is 0 Å². The van der Waals surface area contributed by atoms with Gasteiger partial charge < -0.3 is 19.9 Å². The Balaban J connectivity index is 2.92. The summed E-state index contributed by atoms with van der Waals surface area (Å²) < 4.78 is 44.7. The van der Waals surface area contributed by atoms with E-state index >= 15 is 0 Å². The largest absolute Gasteiger partial charge is 0.573 e. The average molecular weight is 293 g/mol. The van der Waals surface area contributed by atoms with Crippen molar-refractivity contribution in [1.82, 2.24) is 5.32 Å². The number of carboxylic acid groups (broad SMARTS) is 1. The van der Waals surface area contributed by atoms with E-state index in [1.165, 1.54) is 0 Å². The topological polar surface area (TPSA) is 84.9 Å². The van der Waals surface area contributed by atoms with Gasteiger partial charge in [-0.3, -0.25) is 9.59 Å². The molecule has 0 saturated heterocycles. The number of carbonyl (C=O) groups is 2. The fourth-order valence-electron chi connectivity index (χ4n) is 1.28. The number of carboxylic acids is 1. The number of aliphatic carboxylic acids is 1. The SMILES string of the molecule is COc1cc(C(=O)NCC(=O)O)ccc1OC(F)(F)F. The lowest BCUT2D eigenvalue weighted by atomic mass is 10.2. The van der Waals surface area contributed by atoms with E-state index in [1.54, 1.807) is 0 Å². The minimum atomic E-state index is -4.89. The molecular weight excluding hydrogens is 283 g/mol. The summed E-state index contributed by atoms with van der Waals surface area (Å²) in [7, 11) is 1.11. The van der Waals surface area contributed by atoms with Crippen molar-refractivity contribution in [1.29, 1.82) is 0 Å². The Kier molecular flexibility index (Phi) is 4.78. The smallest absolute Gasteiger partial charge is 0.493 e. The van der Waals surface area contributed by atoms with Gasteiger partial charge in [-0.2, -0.15) is 0 Å². The number of carbonyl (C=O) groups excluding carboxylic acids is 1. The maximum Gasteiger partial charge on any atom is 0.573 e. The highest BCUT2D eigenvalue weighted by Gasteiger charge is 2.32. The van der Waals surface area contributed by atoms with E-state index < -0.39 is 30.5 Å². The Morgan fingerprint density at radius 3 is 2.45 bits per heavy atom. The predicted octanol–water partition coefficient (Wildman–Crippen LogP) is 1.41. The number of ether oxygens (including phenoxy) is 2. The molecule has 6 nitrogen and oxygen atoms in total. The van der Waals surface area contributed by atoms with Crippen LogP contribution in [0.5, 0.6) is 11.5 Å². The van der Waals surface area contributed by atoms with Crippen LogP contribution in [0.2, 0.25) is 0 Å². The van der Waals surface area contributed by atoms with Crippen LogP contribution in [-0.4, -0.2) is 37.0 Å². The van der Waals surface area contributed by atoms with Crippen LogP contribution in [0.3, 0.4) is 0 Å². The molecule has 0 fully saturated rings. The molecule has 1 aromatic rings. The third-order valence-corrected chi connectivity index (χ3v) is 2.05. The molecule has 1 aromatic carbocycles. The lowest BCUT2D eigenvalue weighted by Gasteiger charge is -2.13. The molecule has 1 rings (SSSR count). The van der Waals surface area contributed by atoms with Crippen molar-refractivity contribution in [3.05, 3.63) is 23.8 Å². The van der Waals surface area contributed by atoms with Gasteiger partial charge in [-0.25, -0.2) is 0 Å². The summed E-state index contributed by atoms with van der Waals surface area (Å²) in [6, 6.07) is 2.97. The van der Waals surface area contributed by atoms with E-state index in [0.717, 1.165) is 25.3 Å². The molecule has 0 aliphatic rings. The summed E-state index contributed by atoms with van der Waals surface area (Å²) in [5, 5.41) is 10.5. The fourth-order valence-corrected chi connectivity index (χ4v) is 1.28. The maximum absolute atomic E-state index is 12.1. The zero-order chi connectivity index (χ0) is 15.3. The number of halogens is 3. The molecule has 0 heterocycles. The van der Waals surface area contributed by atoms with E-state index in [9.17, 15) is 22.8 Å². The molecule has 0 aliphatic carbocycles. The number of methoxy groups -OCH3 is 1. The normalized spacial score (nSPS) is 10.8. The van der Waals surface area contributed by atoms with E-state index in [1.807, 2.05) is 0 Å². The molecule has 0 saturated carbocycles. The second kappa shape index (κ2) is 6.13. The molecule has 0 atom stereocenters. The highest BCUT2D eigenvalue weighted by Crippen LogP contribution is 2.32. The Labute approximate surface area is 111 Å². The van der Waals surface area contributed by atoms with Gasteiger partial charge in [0.15, 0.2) is 11.5 Å². The van der Waals surface area contributed by atoms with Crippen molar-refractivity contribution in [3.63, 3.8) is 0 Å². The lowest BCUT2D eigenvalue weighted by Crippen LogP contribution is -2.29. The van der Waals surface area contributed by atoms with Crippen molar-refractivity contribution >= 4 is 11.9 Å². The van der Waals surface area contributed by atoms with E-state index in [0.29, 0.717) is 0 Å². The minimum Gasteiger partial charge on any atom is -0.493 e. The Morgan fingerprint density at radius 2 is 1.95 bits per heavy atom. The third-order valence-electron chi connectivity index (χ3n) is 2.05. The van der Waals surface area contributed by atoms with Crippen LogP contribution in [0.15, 0.2) is 18.2 Å². The molecule has 2 N–H and O–H groups in total. The molecule has 20 heavy (non-hydrogen) atoms. The number of benzene rings is 1. The monoisotopic (exact) mass is 293 g/mol. The third kappa shape index (κ3) is 4.67. The molecule has 0 aliphatic heterocycles. The van der Waals surface area contributed by atoms with Crippen molar-refractivity contribution in [3.8, 4) is 11.5 Å². The molecule has 0 spiro atoms. The zero-order valence-corrected chi connectivity index (χ0v) is 10.2. The first-order valence-electron chi connectivity index (χ1n) is 5.16. The van der Waals surface area contributed by atoms with Crippen molar-refractivity contribution in [2.75, 3.05) is 13.7 Å². The van der Waals surface area contributed by atoms with Crippen molar-refractivity contribution in [2.45, 2.75) is 6.36 Å². The fraction of sp³-hybridized carbons (Fsp3) is 0.273. The molecule has 9 heteroatoms. The first-order chi connectivity index (χ1) is 9.23. The van der Waals surface area contributed by atoms with Gasteiger partial charge >= 0.3 is 12.3 Å². The number of rotatable bonds is 5. The van der Waals surface area contributed by atoms with Crippen LogP contribution in [-0.2, 0) is 4.79 Å². The summed E-state index contributed by atoms with van der Waals surface area (Å²) in [5.74, 6) is -2.91. The van der Waals surface area contributed by atoms with Crippen LogP contribution >= 0.6 is 0 Å². The van der Waals surface area contributed by atoms with E-state index in [-0.39, 0.29) is 11.3 Å². The van der Waals surface area contributed by atoms with Crippen molar-refractivity contribution < 1.29 is 37.3 Å². The van der Waals surface area contributed by atoms with Gasteiger partial charge in [0, 0.05) is 5.56 Å². The molecule has 1 amide bonds. The summed E-state index contributed by atoms with van der Waals surface area (Å²) in [5.41, 5.74) is -0.0578. The molecule has 0 aromatic heterocycles. The molecule has 0 bridgehead atoms. The number of nitrogens with one attached hydrogen (secondary N) is 1. The Hall–Kier alpha value is -2.45.